The Kier molecular flexibility index (Phi) is 5.49. The van der Waals surface area contributed by atoms with Crippen LogP contribution in [0.25, 0.3) is 0 Å². The highest BCUT2D eigenvalue weighted by atomic mass is 16.5. The van der Waals surface area contributed by atoms with Gasteiger partial charge in [-0.05, 0) is 31.6 Å². The maximum absolute atomic E-state index is 11.2. The van der Waals surface area contributed by atoms with E-state index in [0.29, 0.717) is 12.8 Å². The quantitative estimate of drug-likeness (QED) is 0.492. The average molecular weight is 308 g/mol. The Bertz CT molecular complexity index is 581. The van der Waals surface area contributed by atoms with Crippen molar-refractivity contribution < 1.29 is 19.7 Å². The number of aliphatic hydroxyl groups is 2. The van der Waals surface area contributed by atoms with Crippen LogP contribution in [0.5, 0.6) is 0 Å². The Balaban J connectivity index is 2.19. The molecule has 1 heterocycles. The van der Waals surface area contributed by atoms with Gasteiger partial charge in [0, 0.05) is 0 Å². The van der Waals surface area contributed by atoms with Crippen LogP contribution >= 0.6 is 0 Å². The highest BCUT2D eigenvalue weighted by molar-refractivity contribution is 5.88. The van der Waals surface area contributed by atoms with Gasteiger partial charge in [-0.15, -0.1) is 5.10 Å². The first-order chi connectivity index (χ1) is 10.5. The van der Waals surface area contributed by atoms with Gasteiger partial charge in [-0.25, -0.2) is 4.68 Å². The molecule has 1 aliphatic carbocycles. The van der Waals surface area contributed by atoms with Gasteiger partial charge in [0.2, 0.25) is 11.6 Å². The standard InChI is InChI=1S/C14H20N4O4/c15-12(20)13-16-11(18(17-13)10-22-9-8-19)4-7-14(21)5-2-1-3-6-14/h19,21H,1-3,5-6,8-10H2,(H2,15,20). The first kappa shape index (κ1) is 16.4. The van der Waals surface area contributed by atoms with Crippen LogP contribution in [0.2, 0.25) is 0 Å². The molecule has 1 amide bonds. The van der Waals surface area contributed by atoms with Crippen LogP contribution in [0.3, 0.4) is 0 Å². The summed E-state index contributed by atoms with van der Waals surface area (Å²) in [5, 5.41) is 23.0. The lowest BCUT2D eigenvalue weighted by Gasteiger charge is -2.26. The fourth-order valence-electron chi connectivity index (χ4n) is 2.28. The van der Waals surface area contributed by atoms with Crippen molar-refractivity contribution in [2.24, 2.45) is 5.73 Å². The fourth-order valence-corrected chi connectivity index (χ4v) is 2.28. The van der Waals surface area contributed by atoms with Gasteiger partial charge in [-0.3, -0.25) is 4.79 Å². The predicted octanol–water partition coefficient (Wildman–Crippen LogP) is -0.610. The monoisotopic (exact) mass is 308 g/mol. The first-order valence-corrected chi connectivity index (χ1v) is 7.23. The summed E-state index contributed by atoms with van der Waals surface area (Å²) in [5.74, 6) is 4.86. The van der Waals surface area contributed by atoms with Crippen molar-refractivity contribution in [3.63, 3.8) is 0 Å². The Morgan fingerprint density at radius 3 is 2.77 bits per heavy atom. The average Bonchev–Trinajstić information content (AvgIpc) is 2.90. The van der Waals surface area contributed by atoms with Gasteiger partial charge in [-0.1, -0.05) is 12.3 Å². The normalized spacial score (nSPS) is 16.8. The maximum atomic E-state index is 11.2. The molecule has 120 valence electrons. The summed E-state index contributed by atoms with van der Waals surface area (Å²) in [5.41, 5.74) is 4.14. The van der Waals surface area contributed by atoms with Crippen molar-refractivity contribution in [1.29, 1.82) is 0 Å². The highest BCUT2D eigenvalue weighted by Crippen LogP contribution is 2.27. The number of aromatic nitrogens is 3. The zero-order valence-corrected chi connectivity index (χ0v) is 12.3. The van der Waals surface area contributed by atoms with Crippen molar-refractivity contribution in [3.8, 4) is 11.8 Å². The minimum Gasteiger partial charge on any atom is -0.394 e. The molecule has 8 nitrogen and oxygen atoms in total. The largest absolute Gasteiger partial charge is 0.394 e. The van der Waals surface area contributed by atoms with E-state index in [2.05, 4.69) is 21.9 Å². The maximum Gasteiger partial charge on any atom is 0.288 e. The molecule has 0 aromatic carbocycles. The number of carbonyl (C=O) groups is 1. The van der Waals surface area contributed by atoms with E-state index in [-0.39, 0.29) is 31.6 Å². The van der Waals surface area contributed by atoms with Crippen LogP contribution in [0, 0.1) is 11.8 Å². The molecular weight excluding hydrogens is 288 g/mol. The van der Waals surface area contributed by atoms with E-state index >= 15 is 0 Å². The summed E-state index contributed by atoms with van der Waals surface area (Å²) in [6.07, 6.45) is 4.21. The second-order valence-corrected chi connectivity index (χ2v) is 5.23. The van der Waals surface area contributed by atoms with Crippen LogP contribution in [0.4, 0.5) is 0 Å². The van der Waals surface area contributed by atoms with E-state index in [1.165, 1.54) is 4.68 Å². The minimum absolute atomic E-state index is 0.0106. The Morgan fingerprint density at radius 1 is 1.41 bits per heavy atom. The van der Waals surface area contributed by atoms with Crippen molar-refractivity contribution >= 4 is 5.91 Å². The molecule has 0 aliphatic heterocycles. The molecule has 1 aliphatic rings. The van der Waals surface area contributed by atoms with E-state index in [0.717, 1.165) is 19.3 Å². The molecule has 0 unspecified atom stereocenters. The number of primary amides is 1. The number of nitrogens with two attached hydrogens (primary N) is 1. The Morgan fingerprint density at radius 2 is 2.14 bits per heavy atom. The smallest absolute Gasteiger partial charge is 0.288 e. The number of carbonyl (C=O) groups excluding carboxylic acids is 1. The molecule has 1 aromatic rings. The number of hydrogen-bond acceptors (Lipinski definition) is 6. The molecule has 0 bridgehead atoms. The van der Waals surface area contributed by atoms with Crippen LogP contribution in [-0.4, -0.2) is 49.7 Å². The predicted molar refractivity (Wildman–Crippen MR) is 76.5 cm³/mol. The minimum atomic E-state index is -1.02. The molecule has 1 saturated carbocycles. The summed E-state index contributed by atoms with van der Waals surface area (Å²) in [6, 6.07) is 0. The number of amides is 1. The lowest BCUT2D eigenvalue weighted by Crippen LogP contribution is -2.29. The molecule has 0 spiro atoms. The van der Waals surface area contributed by atoms with Gasteiger partial charge in [-0.2, -0.15) is 4.98 Å². The molecule has 8 heteroatoms. The zero-order chi connectivity index (χ0) is 16.0. The van der Waals surface area contributed by atoms with Gasteiger partial charge >= 0.3 is 0 Å². The molecule has 0 radical (unpaired) electrons. The van der Waals surface area contributed by atoms with Crippen molar-refractivity contribution in [2.45, 2.75) is 44.4 Å². The molecule has 0 atom stereocenters. The first-order valence-electron chi connectivity index (χ1n) is 7.23. The van der Waals surface area contributed by atoms with Crippen LogP contribution in [0.1, 0.15) is 48.5 Å². The third-order valence-electron chi connectivity index (χ3n) is 3.43. The van der Waals surface area contributed by atoms with Gasteiger partial charge in [0.1, 0.15) is 12.3 Å². The van der Waals surface area contributed by atoms with Gasteiger partial charge < -0.3 is 20.7 Å². The van der Waals surface area contributed by atoms with Gasteiger partial charge in [0.25, 0.3) is 5.91 Å². The molecule has 0 saturated heterocycles. The molecule has 4 N–H and O–H groups in total. The number of hydrogen-bond donors (Lipinski definition) is 3. The molecule has 1 fully saturated rings. The summed E-state index contributed by atoms with van der Waals surface area (Å²) < 4.78 is 6.43. The van der Waals surface area contributed by atoms with Crippen molar-refractivity contribution in [2.75, 3.05) is 13.2 Å². The van der Waals surface area contributed by atoms with Crippen LogP contribution < -0.4 is 5.73 Å². The summed E-state index contributed by atoms with van der Waals surface area (Å²) >= 11 is 0. The Labute approximate surface area is 128 Å². The van der Waals surface area contributed by atoms with Gasteiger partial charge in [0.05, 0.1) is 13.2 Å². The molecular formula is C14H20N4O4. The SMILES string of the molecule is NC(=O)c1nc(C#CC2(O)CCCCC2)n(COCCO)n1. The van der Waals surface area contributed by atoms with Crippen molar-refractivity contribution in [3.05, 3.63) is 11.6 Å². The molecule has 22 heavy (non-hydrogen) atoms. The fraction of sp³-hybridized carbons (Fsp3) is 0.643. The molecule has 1 aromatic heterocycles. The van der Waals surface area contributed by atoms with E-state index in [4.69, 9.17) is 15.6 Å². The number of aliphatic hydroxyl groups excluding tert-OH is 1. The summed E-state index contributed by atoms with van der Waals surface area (Å²) in [7, 11) is 0. The highest BCUT2D eigenvalue weighted by Gasteiger charge is 2.26. The van der Waals surface area contributed by atoms with E-state index in [9.17, 15) is 9.90 Å². The third kappa shape index (κ3) is 4.27. The van der Waals surface area contributed by atoms with Crippen LogP contribution in [-0.2, 0) is 11.5 Å². The van der Waals surface area contributed by atoms with E-state index in [1.807, 2.05) is 0 Å². The van der Waals surface area contributed by atoms with Crippen molar-refractivity contribution in [1.82, 2.24) is 14.8 Å². The third-order valence-corrected chi connectivity index (χ3v) is 3.43. The van der Waals surface area contributed by atoms with Gasteiger partial charge in [0.15, 0.2) is 0 Å². The Hall–Kier alpha value is -1.95. The number of nitrogens with zero attached hydrogens (tertiary/aromatic N) is 3. The van der Waals surface area contributed by atoms with Crippen LogP contribution in [0.15, 0.2) is 0 Å². The topological polar surface area (TPSA) is 123 Å². The summed E-state index contributed by atoms with van der Waals surface area (Å²) in [6.45, 7) is -0.00993. The second kappa shape index (κ2) is 7.35. The number of ether oxygens (including phenoxy) is 1. The lowest BCUT2D eigenvalue weighted by molar-refractivity contribution is 0.0410. The van der Waals surface area contributed by atoms with E-state index in [1.54, 1.807) is 0 Å². The second-order valence-electron chi connectivity index (χ2n) is 5.23. The molecule has 2 rings (SSSR count). The number of rotatable bonds is 5. The van der Waals surface area contributed by atoms with E-state index < -0.39 is 11.5 Å². The summed E-state index contributed by atoms with van der Waals surface area (Å²) in [4.78, 5) is 15.1. The zero-order valence-electron chi connectivity index (χ0n) is 12.3. The lowest BCUT2D eigenvalue weighted by atomic mass is 9.85.